The first-order valence-electron chi connectivity index (χ1n) is 7.54. The Morgan fingerprint density at radius 1 is 1.29 bits per heavy atom. The van der Waals surface area contributed by atoms with Crippen molar-refractivity contribution in [3.8, 4) is 0 Å². The Hall–Kier alpha value is -1.23. The Morgan fingerprint density at radius 2 is 2.05 bits per heavy atom. The van der Waals surface area contributed by atoms with E-state index in [0.717, 1.165) is 31.5 Å². The van der Waals surface area contributed by atoms with Crippen molar-refractivity contribution in [2.24, 2.45) is 0 Å². The van der Waals surface area contributed by atoms with Crippen molar-refractivity contribution in [3.05, 3.63) is 52.0 Å². The van der Waals surface area contributed by atoms with Gasteiger partial charge in [-0.25, -0.2) is 4.98 Å². The minimum atomic E-state index is 0.196. The smallest absolute Gasteiger partial charge is 0.0928 e. The maximum Gasteiger partial charge on any atom is 0.0928 e. The molecule has 1 atom stereocenters. The van der Waals surface area contributed by atoms with Crippen molar-refractivity contribution in [1.82, 2.24) is 9.88 Å². The second-order valence-corrected chi connectivity index (χ2v) is 6.28. The highest BCUT2D eigenvalue weighted by Crippen LogP contribution is 2.24. The van der Waals surface area contributed by atoms with Crippen LogP contribution < -0.4 is 0 Å². The molecule has 1 aromatic heterocycles. The van der Waals surface area contributed by atoms with E-state index in [1.807, 2.05) is 6.07 Å². The fraction of sp³-hybridized carbons (Fsp3) is 0.471. The average Bonchev–Trinajstić information content (AvgIpc) is 2.93. The van der Waals surface area contributed by atoms with Gasteiger partial charge in [0.25, 0.3) is 0 Å². The van der Waals surface area contributed by atoms with Crippen molar-refractivity contribution in [3.63, 3.8) is 0 Å². The highest BCUT2D eigenvalue weighted by molar-refractivity contribution is 7.09. The number of benzene rings is 1. The van der Waals surface area contributed by atoms with E-state index in [1.165, 1.54) is 10.6 Å². The van der Waals surface area contributed by atoms with Crippen LogP contribution in [-0.4, -0.2) is 28.6 Å². The van der Waals surface area contributed by atoms with Crippen LogP contribution in [0.4, 0.5) is 0 Å². The molecule has 0 fully saturated rings. The molecule has 1 aromatic carbocycles. The van der Waals surface area contributed by atoms with Gasteiger partial charge in [-0.3, -0.25) is 4.90 Å². The molecule has 0 spiro atoms. The lowest BCUT2D eigenvalue weighted by molar-refractivity contribution is 0.179. The van der Waals surface area contributed by atoms with Crippen molar-refractivity contribution in [1.29, 1.82) is 0 Å². The van der Waals surface area contributed by atoms with Crippen molar-refractivity contribution < 1.29 is 5.11 Å². The zero-order chi connectivity index (χ0) is 15.1. The molecule has 0 saturated carbocycles. The second kappa shape index (κ2) is 8.27. The summed E-state index contributed by atoms with van der Waals surface area (Å²) in [7, 11) is 2.10. The lowest BCUT2D eigenvalue weighted by atomic mass is 10.0. The minimum absolute atomic E-state index is 0.196. The van der Waals surface area contributed by atoms with E-state index >= 15 is 0 Å². The Morgan fingerprint density at radius 3 is 2.71 bits per heavy atom. The van der Waals surface area contributed by atoms with Crippen molar-refractivity contribution in [2.75, 3.05) is 13.7 Å². The predicted octanol–water partition coefficient (Wildman–Crippen LogP) is 3.65. The first-order valence-corrected chi connectivity index (χ1v) is 8.42. The average molecular weight is 304 g/mol. The summed E-state index contributed by atoms with van der Waals surface area (Å²) < 4.78 is 0. The molecule has 1 N–H and O–H groups in total. The fourth-order valence-corrected chi connectivity index (χ4v) is 3.45. The zero-order valence-electron chi connectivity index (χ0n) is 12.8. The molecule has 3 nitrogen and oxygen atoms in total. The molecular formula is C17H24N2OS. The fourth-order valence-electron chi connectivity index (χ4n) is 2.55. The van der Waals surface area contributed by atoms with Gasteiger partial charge in [0.15, 0.2) is 0 Å². The Bertz CT molecular complexity index is 527. The third-order valence-electron chi connectivity index (χ3n) is 3.59. The Balaban J connectivity index is 2.05. The van der Waals surface area contributed by atoms with Gasteiger partial charge in [0.05, 0.1) is 10.7 Å². The van der Waals surface area contributed by atoms with Gasteiger partial charge < -0.3 is 5.11 Å². The first-order chi connectivity index (χ1) is 10.2. The summed E-state index contributed by atoms with van der Waals surface area (Å²) in [4.78, 5) is 6.96. The van der Waals surface area contributed by atoms with E-state index in [0.29, 0.717) is 0 Å². The largest absolute Gasteiger partial charge is 0.396 e. The van der Waals surface area contributed by atoms with Gasteiger partial charge >= 0.3 is 0 Å². The molecular weight excluding hydrogens is 280 g/mol. The van der Waals surface area contributed by atoms with Gasteiger partial charge in [0.1, 0.15) is 0 Å². The molecule has 21 heavy (non-hydrogen) atoms. The van der Waals surface area contributed by atoms with Gasteiger partial charge in [-0.1, -0.05) is 37.3 Å². The molecule has 4 heteroatoms. The van der Waals surface area contributed by atoms with Gasteiger partial charge in [-0.05, 0) is 31.9 Å². The van der Waals surface area contributed by atoms with E-state index in [4.69, 9.17) is 4.98 Å². The molecule has 1 heterocycles. The van der Waals surface area contributed by atoms with E-state index in [9.17, 15) is 5.11 Å². The summed E-state index contributed by atoms with van der Waals surface area (Å²) in [6.45, 7) is 3.20. The number of thiazole rings is 1. The number of aryl methyl sites for hydroxylation is 1. The van der Waals surface area contributed by atoms with Gasteiger partial charge in [0.2, 0.25) is 0 Å². The van der Waals surface area contributed by atoms with Crippen LogP contribution in [0.2, 0.25) is 0 Å². The maximum absolute atomic E-state index is 9.35. The summed E-state index contributed by atoms with van der Waals surface area (Å²) in [5.74, 6) is 0. The van der Waals surface area contributed by atoms with E-state index in [-0.39, 0.29) is 12.6 Å². The zero-order valence-corrected chi connectivity index (χ0v) is 13.6. The summed E-state index contributed by atoms with van der Waals surface area (Å²) >= 11 is 1.75. The van der Waals surface area contributed by atoms with Crippen LogP contribution in [0.5, 0.6) is 0 Å². The van der Waals surface area contributed by atoms with Crippen LogP contribution in [0.15, 0.2) is 35.7 Å². The van der Waals surface area contributed by atoms with Crippen LogP contribution in [0.3, 0.4) is 0 Å². The van der Waals surface area contributed by atoms with Gasteiger partial charge in [0, 0.05) is 24.6 Å². The number of aliphatic hydroxyl groups is 1. The molecule has 0 amide bonds. The molecule has 0 bridgehead atoms. The van der Waals surface area contributed by atoms with E-state index < -0.39 is 0 Å². The number of rotatable bonds is 8. The highest BCUT2D eigenvalue weighted by atomic mass is 32.1. The number of aromatic nitrogens is 1. The predicted molar refractivity (Wildman–Crippen MR) is 88.5 cm³/mol. The molecule has 0 saturated heterocycles. The normalized spacial score (nSPS) is 12.8. The van der Waals surface area contributed by atoms with Crippen LogP contribution in [0, 0.1) is 0 Å². The van der Waals surface area contributed by atoms with Gasteiger partial charge in [-0.2, -0.15) is 0 Å². The second-order valence-electron chi connectivity index (χ2n) is 5.34. The van der Waals surface area contributed by atoms with E-state index in [1.54, 1.807) is 11.3 Å². The first kappa shape index (κ1) is 16.1. The molecule has 0 radical (unpaired) electrons. The summed E-state index contributed by atoms with van der Waals surface area (Å²) in [6.07, 6.45) is 2.94. The molecule has 0 aliphatic heterocycles. The lowest BCUT2D eigenvalue weighted by Crippen LogP contribution is -2.25. The van der Waals surface area contributed by atoms with Crippen LogP contribution in [0.25, 0.3) is 0 Å². The van der Waals surface area contributed by atoms with Crippen molar-refractivity contribution >= 4 is 11.3 Å². The van der Waals surface area contributed by atoms with Crippen LogP contribution >= 0.6 is 11.3 Å². The Labute approximate surface area is 131 Å². The van der Waals surface area contributed by atoms with Crippen LogP contribution in [0.1, 0.15) is 42.1 Å². The number of aliphatic hydroxyl groups excluding tert-OH is 1. The summed E-state index contributed by atoms with van der Waals surface area (Å²) in [5, 5.41) is 12.7. The Kier molecular flexibility index (Phi) is 6.36. The minimum Gasteiger partial charge on any atom is -0.396 e. The van der Waals surface area contributed by atoms with Crippen molar-refractivity contribution in [2.45, 2.75) is 38.8 Å². The molecule has 2 rings (SSSR count). The maximum atomic E-state index is 9.35. The van der Waals surface area contributed by atoms with Crippen LogP contribution in [-0.2, 0) is 13.0 Å². The monoisotopic (exact) mass is 304 g/mol. The number of nitrogens with zero attached hydrogens (tertiary/aromatic N) is 2. The van der Waals surface area contributed by atoms with Gasteiger partial charge in [-0.15, -0.1) is 11.3 Å². The molecule has 0 aliphatic rings. The summed E-state index contributed by atoms with van der Waals surface area (Å²) in [6, 6.07) is 10.6. The topological polar surface area (TPSA) is 36.4 Å². The molecule has 0 aliphatic carbocycles. The number of hydrogen-bond acceptors (Lipinski definition) is 4. The molecule has 2 aromatic rings. The SMILES string of the molecule is CCCc1nc(CN(C)C(CCO)c2ccccc2)cs1. The van der Waals surface area contributed by atoms with E-state index in [2.05, 4.69) is 48.5 Å². The standard InChI is InChI=1S/C17H24N2OS/c1-3-7-17-18-15(13-21-17)12-19(2)16(10-11-20)14-8-5-4-6-9-14/h4-6,8-9,13,16,20H,3,7,10-12H2,1-2H3. The third kappa shape index (κ3) is 4.63. The summed E-state index contributed by atoms with van der Waals surface area (Å²) in [5.41, 5.74) is 2.38. The lowest BCUT2D eigenvalue weighted by Gasteiger charge is -2.27. The quantitative estimate of drug-likeness (QED) is 0.808. The molecule has 114 valence electrons. The number of hydrogen-bond donors (Lipinski definition) is 1. The highest BCUT2D eigenvalue weighted by Gasteiger charge is 2.17. The molecule has 1 unspecified atom stereocenters. The third-order valence-corrected chi connectivity index (χ3v) is 4.55.